The molecule has 2 saturated heterocycles. The number of esters is 1. The molecular weight excluding hydrogens is 368 g/mol. The van der Waals surface area contributed by atoms with E-state index in [0.717, 1.165) is 41.0 Å². The van der Waals surface area contributed by atoms with E-state index in [1.54, 1.807) is 29.0 Å². The molecule has 2 bridgehead atoms. The average molecular weight is 387 g/mol. The third-order valence-electron chi connectivity index (χ3n) is 5.80. The second-order valence-electron chi connectivity index (χ2n) is 7.00. The molecule has 0 spiro atoms. The summed E-state index contributed by atoms with van der Waals surface area (Å²) >= 11 is 3.18. The molecule has 5 rings (SSSR count). The number of aromatic nitrogens is 3. The van der Waals surface area contributed by atoms with Crippen LogP contribution >= 0.6 is 22.7 Å². The molecule has 0 saturated carbocycles. The first-order valence-corrected chi connectivity index (χ1v) is 10.5. The summed E-state index contributed by atoms with van der Waals surface area (Å²) < 4.78 is 5.27. The smallest absolute Gasteiger partial charge is 0.314 e. The van der Waals surface area contributed by atoms with Crippen LogP contribution in [-0.2, 0) is 16.0 Å². The summed E-state index contributed by atoms with van der Waals surface area (Å²) in [7, 11) is 1.49. The Labute approximate surface area is 158 Å². The lowest BCUT2D eigenvalue weighted by Gasteiger charge is -2.34. The first kappa shape index (κ1) is 16.1. The van der Waals surface area contributed by atoms with Gasteiger partial charge in [0.05, 0.1) is 29.1 Å². The average Bonchev–Trinajstić information content (AvgIpc) is 3.44. The van der Waals surface area contributed by atoms with Crippen LogP contribution in [0.4, 0.5) is 5.82 Å². The lowest BCUT2D eigenvalue weighted by molar-refractivity contribution is -0.154. The van der Waals surface area contributed by atoms with Gasteiger partial charge in [0, 0.05) is 23.9 Å². The van der Waals surface area contributed by atoms with Crippen LogP contribution in [0.5, 0.6) is 0 Å². The Morgan fingerprint density at radius 3 is 3.12 bits per heavy atom. The minimum atomic E-state index is -0.557. The maximum absolute atomic E-state index is 12.9. The second kappa shape index (κ2) is 5.99. The highest BCUT2D eigenvalue weighted by Crippen LogP contribution is 2.54. The molecule has 5 heterocycles. The van der Waals surface area contributed by atoms with Crippen molar-refractivity contribution in [2.45, 2.75) is 37.8 Å². The van der Waals surface area contributed by atoms with Gasteiger partial charge in [-0.2, -0.15) is 0 Å². The molecule has 134 valence electrons. The van der Waals surface area contributed by atoms with Crippen LogP contribution in [0.1, 0.15) is 25.0 Å². The zero-order valence-electron chi connectivity index (χ0n) is 14.3. The first-order chi connectivity index (χ1) is 12.7. The fraction of sp³-hybridized carbons (Fsp3) is 0.444. The standard InChI is InChI=1S/C18H18N4O2S2/c1-24-17(23)18(6-11-8-25-10-21-11)7-12-2-3-14(18)22(12)15-13-4-5-26-16(13)20-9-19-15/h4-5,8-10,12,14H,2-3,6-7H2,1H3/t12-,14+,18+/m1/s1. The lowest BCUT2D eigenvalue weighted by Crippen LogP contribution is -2.46. The molecule has 6 nitrogen and oxygen atoms in total. The molecule has 0 unspecified atom stereocenters. The summed E-state index contributed by atoms with van der Waals surface area (Å²) in [6.07, 6.45) is 5.10. The van der Waals surface area contributed by atoms with E-state index in [0.29, 0.717) is 12.5 Å². The molecule has 3 atom stereocenters. The molecule has 0 N–H and O–H groups in total. The van der Waals surface area contributed by atoms with Gasteiger partial charge in [0.1, 0.15) is 17.0 Å². The molecule has 0 radical (unpaired) electrons. The molecule has 3 aromatic heterocycles. The molecule has 2 fully saturated rings. The number of rotatable bonds is 4. The van der Waals surface area contributed by atoms with E-state index in [1.807, 2.05) is 16.3 Å². The maximum Gasteiger partial charge on any atom is 0.314 e. The topological polar surface area (TPSA) is 68.2 Å². The van der Waals surface area contributed by atoms with Gasteiger partial charge in [-0.3, -0.25) is 4.79 Å². The minimum absolute atomic E-state index is 0.0830. The fourth-order valence-corrected chi connectivity index (χ4v) is 6.10. The van der Waals surface area contributed by atoms with E-state index in [9.17, 15) is 4.79 Å². The summed E-state index contributed by atoms with van der Waals surface area (Å²) in [6, 6.07) is 2.46. The van der Waals surface area contributed by atoms with Gasteiger partial charge in [0.25, 0.3) is 0 Å². The number of thiazole rings is 1. The van der Waals surface area contributed by atoms with Crippen molar-refractivity contribution < 1.29 is 9.53 Å². The van der Waals surface area contributed by atoms with Crippen LogP contribution in [0, 0.1) is 5.41 Å². The van der Waals surface area contributed by atoms with Crippen LogP contribution in [0.15, 0.2) is 28.7 Å². The van der Waals surface area contributed by atoms with Crippen molar-refractivity contribution in [3.8, 4) is 0 Å². The minimum Gasteiger partial charge on any atom is -0.469 e. The molecule has 2 aliphatic heterocycles. The van der Waals surface area contributed by atoms with Crippen molar-refractivity contribution in [3.63, 3.8) is 0 Å². The van der Waals surface area contributed by atoms with Crippen molar-refractivity contribution in [3.05, 3.63) is 34.4 Å². The molecule has 3 aromatic rings. The quantitative estimate of drug-likeness (QED) is 0.641. The Bertz CT molecular complexity index is 957. The summed E-state index contributed by atoms with van der Waals surface area (Å²) in [5, 5.41) is 5.15. The Hall–Kier alpha value is -2.06. The molecule has 0 aromatic carbocycles. The maximum atomic E-state index is 12.9. The van der Waals surface area contributed by atoms with Crippen LogP contribution in [-0.4, -0.2) is 40.1 Å². The molecule has 0 aliphatic carbocycles. The van der Waals surface area contributed by atoms with Gasteiger partial charge >= 0.3 is 5.97 Å². The predicted molar refractivity (Wildman–Crippen MR) is 102 cm³/mol. The Kier molecular flexibility index (Phi) is 3.72. The van der Waals surface area contributed by atoms with Gasteiger partial charge < -0.3 is 9.64 Å². The number of hydrogen-bond donors (Lipinski definition) is 0. The monoisotopic (exact) mass is 386 g/mol. The Balaban J connectivity index is 1.60. The Morgan fingerprint density at radius 1 is 1.38 bits per heavy atom. The highest BCUT2D eigenvalue weighted by atomic mass is 32.1. The highest BCUT2D eigenvalue weighted by molar-refractivity contribution is 7.16. The third-order valence-corrected chi connectivity index (χ3v) is 7.25. The summed E-state index contributed by atoms with van der Waals surface area (Å²) in [4.78, 5) is 29.7. The summed E-state index contributed by atoms with van der Waals surface area (Å²) in [5.74, 6) is 0.825. The van der Waals surface area contributed by atoms with Gasteiger partial charge in [0.2, 0.25) is 0 Å². The molecule has 26 heavy (non-hydrogen) atoms. The molecular formula is C18H18N4O2S2. The first-order valence-electron chi connectivity index (χ1n) is 8.65. The van der Waals surface area contributed by atoms with E-state index in [4.69, 9.17) is 4.74 Å². The van der Waals surface area contributed by atoms with Gasteiger partial charge in [-0.05, 0) is 30.7 Å². The number of methoxy groups -OCH3 is 1. The summed E-state index contributed by atoms with van der Waals surface area (Å²) in [6.45, 7) is 0. The normalized spacial score (nSPS) is 27.3. The van der Waals surface area contributed by atoms with Gasteiger partial charge in [0.15, 0.2) is 0 Å². The number of fused-ring (bicyclic) bond motifs is 3. The highest BCUT2D eigenvalue weighted by Gasteiger charge is 2.61. The van der Waals surface area contributed by atoms with Gasteiger partial charge in [-0.25, -0.2) is 15.0 Å². The molecule has 8 heteroatoms. The van der Waals surface area contributed by atoms with E-state index in [1.165, 1.54) is 7.11 Å². The summed E-state index contributed by atoms with van der Waals surface area (Å²) in [5.41, 5.74) is 2.24. The molecule has 0 amide bonds. The van der Waals surface area contributed by atoms with Gasteiger partial charge in [-0.15, -0.1) is 22.7 Å². The Morgan fingerprint density at radius 2 is 2.31 bits per heavy atom. The van der Waals surface area contributed by atoms with E-state index in [2.05, 4.69) is 25.9 Å². The van der Waals surface area contributed by atoms with Crippen LogP contribution in [0.2, 0.25) is 0 Å². The fourth-order valence-electron chi connectivity index (χ4n) is 4.82. The van der Waals surface area contributed by atoms with Crippen LogP contribution in [0.3, 0.4) is 0 Å². The molecule has 2 aliphatic rings. The zero-order chi connectivity index (χ0) is 17.7. The number of carbonyl (C=O) groups excluding carboxylic acids is 1. The van der Waals surface area contributed by atoms with E-state index >= 15 is 0 Å². The number of anilines is 1. The van der Waals surface area contributed by atoms with Crippen molar-refractivity contribution in [1.29, 1.82) is 0 Å². The number of carbonyl (C=O) groups is 1. The van der Waals surface area contributed by atoms with Crippen molar-refractivity contribution in [2.24, 2.45) is 5.41 Å². The largest absolute Gasteiger partial charge is 0.469 e. The van der Waals surface area contributed by atoms with Crippen molar-refractivity contribution in [1.82, 2.24) is 15.0 Å². The number of hydrogen-bond acceptors (Lipinski definition) is 8. The zero-order valence-corrected chi connectivity index (χ0v) is 15.9. The third kappa shape index (κ3) is 2.21. The van der Waals surface area contributed by atoms with Crippen LogP contribution < -0.4 is 4.90 Å². The van der Waals surface area contributed by atoms with Gasteiger partial charge in [-0.1, -0.05) is 0 Å². The second-order valence-corrected chi connectivity index (χ2v) is 8.61. The number of ether oxygens (including phenoxy) is 1. The lowest BCUT2D eigenvalue weighted by atomic mass is 9.71. The predicted octanol–water partition coefficient (Wildman–Crippen LogP) is 3.29. The van der Waals surface area contributed by atoms with Crippen LogP contribution in [0.25, 0.3) is 10.2 Å². The van der Waals surface area contributed by atoms with Crippen molar-refractivity contribution >= 4 is 44.7 Å². The SMILES string of the molecule is COC(=O)[C@@]1(Cc2cscn2)C[C@H]2CC[C@@H]1N2c1ncnc2sccc12. The van der Waals surface area contributed by atoms with E-state index in [-0.39, 0.29) is 12.0 Å². The number of thiophene rings is 1. The van der Waals surface area contributed by atoms with E-state index < -0.39 is 5.41 Å². The van der Waals surface area contributed by atoms with Crippen molar-refractivity contribution in [2.75, 3.05) is 12.0 Å². The number of nitrogens with zero attached hydrogens (tertiary/aromatic N) is 4.